The highest BCUT2D eigenvalue weighted by atomic mass is 32.2. The molecule has 1 aromatic heterocycles. The Bertz CT molecular complexity index is 1360. The van der Waals surface area contributed by atoms with Gasteiger partial charge in [0.05, 0.1) is 18.4 Å². The molecule has 2 heterocycles. The van der Waals surface area contributed by atoms with Crippen LogP contribution in [0.3, 0.4) is 0 Å². The van der Waals surface area contributed by atoms with Crippen LogP contribution in [-0.2, 0) is 22.9 Å². The number of nitrogens with one attached hydrogen (secondary N) is 2. The minimum atomic E-state index is -4.19. The van der Waals surface area contributed by atoms with Crippen molar-refractivity contribution in [3.05, 3.63) is 57.1 Å². The van der Waals surface area contributed by atoms with Gasteiger partial charge in [-0.05, 0) is 49.3 Å². The molecule has 0 spiro atoms. The van der Waals surface area contributed by atoms with E-state index in [-0.39, 0.29) is 29.5 Å². The highest BCUT2D eigenvalue weighted by molar-refractivity contribution is 7.94. The lowest BCUT2D eigenvalue weighted by Crippen LogP contribution is -2.43. The van der Waals surface area contributed by atoms with Gasteiger partial charge in [0, 0.05) is 23.6 Å². The van der Waals surface area contributed by atoms with Crippen molar-refractivity contribution in [1.82, 2.24) is 5.32 Å². The summed E-state index contributed by atoms with van der Waals surface area (Å²) in [4.78, 5) is 15.1. The first-order valence-corrected chi connectivity index (χ1v) is 13.8. The number of hydrogen-bond acceptors (Lipinski definition) is 8. The molecule has 2 aromatic rings. The molecule has 36 heavy (non-hydrogen) atoms. The van der Waals surface area contributed by atoms with Crippen molar-refractivity contribution in [3.8, 4) is 11.8 Å². The first kappa shape index (κ1) is 25.8. The molecule has 0 fully saturated rings. The molecule has 0 bridgehead atoms. The highest BCUT2D eigenvalue weighted by Gasteiger charge is 2.46. The van der Waals surface area contributed by atoms with Gasteiger partial charge < -0.3 is 14.8 Å². The average Bonchev–Trinajstić information content (AvgIpc) is 3.31. The molecule has 0 radical (unpaired) electrons. The van der Waals surface area contributed by atoms with Crippen molar-refractivity contribution in [1.29, 1.82) is 5.26 Å². The van der Waals surface area contributed by atoms with Crippen molar-refractivity contribution >= 4 is 22.0 Å². The second-order valence-corrected chi connectivity index (χ2v) is 11.8. The molecule has 4 rings (SSSR count). The van der Waals surface area contributed by atoms with Gasteiger partial charge in [0.25, 0.3) is 14.9 Å². The predicted octanol–water partition coefficient (Wildman–Crippen LogP) is 3.78. The van der Waals surface area contributed by atoms with E-state index in [4.69, 9.17) is 4.42 Å². The van der Waals surface area contributed by atoms with Crippen LogP contribution in [0.25, 0.3) is 0 Å². The van der Waals surface area contributed by atoms with Gasteiger partial charge in [-0.3, -0.25) is 4.72 Å². The molecule has 2 aliphatic rings. The maximum Gasteiger partial charge on any atom is 0.343 e. The van der Waals surface area contributed by atoms with E-state index in [0.717, 1.165) is 25.7 Å². The zero-order valence-corrected chi connectivity index (χ0v) is 21.4. The third-order valence-corrected chi connectivity index (χ3v) is 8.55. The standard InChI is InChI=1S/C26H32N4O5S/c1-17(2)12-21(23-24(31)20-10-5-3-4-6-11-22(20)35-25(23)32)18-8-7-9-19(13-18)30-36(33,34)26(14-27)15-28-16-29-26/h7-9,13,16-17,21,30-31H,3-6,10-12,15H2,1-2H3,(H,28,29). The van der Waals surface area contributed by atoms with E-state index in [1.54, 1.807) is 30.3 Å². The van der Waals surface area contributed by atoms with Crippen LogP contribution >= 0.6 is 0 Å². The lowest BCUT2D eigenvalue weighted by atomic mass is 9.83. The molecular formula is C26H32N4O5S. The Labute approximate surface area is 211 Å². The Balaban J connectivity index is 1.75. The monoisotopic (exact) mass is 512 g/mol. The fourth-order valence-corrected chi connectivity index (χ4v) is 6.14. The van der Waals surface area contributed by atoms with Gasteiger partial charge in [-0.2, -0.15) is 5.26 Å². The molecule has 0 saturated carbocycles. The number of benzene rings is 1. The molecule has 1 aromatic carbocycles. The number of anilines is 1. The second kappa shape index (κ2) is 10.3. The summed E-state index contributed by atoms with van der Waals surface area (Å²) in [6.45, 7) is 3.89. The van der Waals surface area contributed by atoms with E-state index < -0.39 is 26.4 Å². The number of nitriles is 1. The van der Waals surface area contributed by atoms with Crippen LogP contribution in [0.1, 0.15) is 74.3 Å². The molecule has 3 N–H and O–H groups in total. The minimum Gasteiger partial charge on any atom is -0.507 e. The number of aryl methyl sites for hydroxylation is 1. The van der Waals surface area contributed by atoms with Gasteiger partial charge in [0.15, 0.2) is 0 Å². The Kier molecular flexibility index (Phi) is 7.41. The lowest BCUT2D eigenvalue weighted by molar-refractivity contribution is 0.379. The second-order valence-electron chi connectivity index (χ2n) is 9.92. The fourth-order valence-electron chi connectivity index (χ4n) is 4.95. The number of fused-ring (bicyclic) bond motifs is 1. The van der Waals surface area contributed by atoms with Gasteiger partial charge in [0.1, 0.15) is 17.6 Å². The number of nitrogens with zero attached hydrogens (tertiary/aromatic N) is 2. The lowest BCUT2D eigenvalue weighted by Gasteiger charge is -2.24. The van der Waals surface area contributed by atoms with Crippen molar-refractivity contribution in [2.45, 2.75) is 69.6 Å². The Morgan fingerprint density at radius 1 is 1.25 bits per heavy atom. The maximum absolute atomic E-state index is 13.2. The van der Waals surface area contributed by atoms with Gasteiger partial charge in [-0.25, -0.2) is 18.2 Å². The van der Waals surface area contributed by atoms with Crippen LogP contribution in [0.4, 0.5) is 5.69 Å². The topological polar surface area (TPSA) is 145 Å². The Morgan fingerprint density at radius 2 is 2.00 bits per heavy atom. The smallest absolute Gasteiger partial charge is 0.343 e. The zero-order chi connectivity index (χ0) is 25.9. The minimum absolute atomic E-state index is 0.00501. The summed E-state index contributed by atoms with van der Waals surface area (Å²) in [6, 6.07) is 8.48. The molecule has 2 atom stereocenters. The highest BCUT2D eigenvalue weighted by Crippen LogP contribution is 2.39. The molecule has 1 aliphatic heterocycles. The number of sulfonamides is 1. The van der Waals surface area contributed by atoms with E-state index in [9.17, 15) is 23.6 Å². The molecule has 1 aliphatic carbocycles. The number of hydrogen-bond donors (Lipinski definition) is 3. The summed E-state index contributed by atoms with van der Waals surface area (Å²) in [7, 11) is -4.19. The third kappa shape index (κ3) is 4.98. The van der Waals surface area contributed by atoms with Crippen molar-refractivity contribution in [2.24, 2.45) is 10.9 Å². The van der Waals surface area contributed by atoms with Gasteiger partial charge in [-0.1, -0.05) is 38.8 Å². The van der Waals surface area contributed by atoms with Crippen LogP contribution in [-0.4, -0.2) is 31.3 Å². The van der Waals surface area contributed by atoms with Crippen molar-refractivity contribution in [3.63, 3.8) is 0 Å². The Hall–Kier alpha value is -3.32. The maximum atomic E-state index is 13.2. The number of aromatic hydroxyl groups is 1. The molecule has 192 valence electrons. The van der Waals surface area contributed by atoms with Crippen LogP contribution in [0.15, 0.2) is 38.5 Å². The van der Waals surface area contributed by atoms with Crippen molar-refractivity contribution < 1.29 is 17.9 Å². The molecule has 2 unspecified atom stereocenters. The molecule has 0 amide bonds. The summed E-state index contributed by atoms with van der Waals surface area (Å²) in [5.41, 5.74) is 1.27. The van der Waals surface area contributed by atoms with E-state index in [1.807, 2.05) is 13.8 Å². The van der Waals surface area contributed by atoms with Crippen LogP contribution < -0.4 is 15.7 Å². The summed E-state index contributed by atoms with van der Waals surface area (Å²) >= 11 is 0. The zero-order valence-electron chi connectivity index (χ0n) is 20.6. The summed E-state index contributed by atoms with van der Waals surface area (Å²) in [5, 5.41) is 23.5. The number of aliphatic imine (C=N–C) groups is 1. The SMILES string of the molecule is CC(C)CC(c1cccc(NS(=O)(=O)C2(C#N)CNC=N2)c1)c1c(O)c2c(oc1=O)CCCCCC2. The van der Waals surface area contributed by atoms with Gasteiger partial charge in [-0.15, -0.1) is 0 Å². The summed E-state index contributed by atoms with van der Waals surface area (Å²) in [5.74, 6) is 0.238. The summed E-state index contributed by atoms with van der Waals surface area (Å²) < 4.78 is 34.3. The van der Waals surface area contributed by atoms with E-state index in [2.05, 4.69) is 15.0 Å². The van der Waals surface area contributed by atoms with Crippen LogP contribution in [0.2, 0.25) is 0 Å². The third-order valence-electron chi connectivity index (χ3n) is 6.82. The summed E-state index contributed by atoms with van der Waals surface area (Å²) in [6.07, 6.45) is 6.99. The van der Waals surface area contributed by atoms with Gasteiger partial charge >= 0.3 is 5.63 Å². The van der Waals surface area contributed by atoms with E-state index >= 15 is 0 Å². The first-order valence-electron chi connectivity index (χ1n) is 12.4. The Morgan fingerprint density at radius 3 is 2.67 bits per heavy atom. The quantitative estimate of drug-likeness (QED) is 0.512. The molecule has 9 nitrogen and oxygen atoms in total. The predicted molar refractivity (Wildman–Crippen MR) is 138 cm³/mol. The van der Waals surface area contributed by atoms with Crippen LogP contribution in [0.5, 0.6) is 5.75 Å². The first-order chi connectivity index (χ1) is 17.2. The normalized spacial score (nSPS) is 20.6. The number of rotatable bonds is 7. The van der Waals surface area contributed by atoms with Gasteiger partial charge in [0.2, 0.25) is 0 Å². The van der Waals surface area contributed by atoms with Crippen LogP contribution in [0, 0.1) is 17.2 Å². The van der Waals surface area contributed by atoms with Crippen molar-refractivity contribution in [2.75, 3.05) is 11.3 Å². The molecular weight excluding hydrogens is 480 g/mol. The molecule has 0 saturated heterocycles. The van der Waals surface area contributed by atoms with E-state index in [0.29, 0.717) is 36.1 Å². The fraction of sp³-hybridized carbons (Fsp3) is 0.500. The largest absolute Gasteiger partial charge is 0.507 e. The molecule has 10 heteroatoms. The van der Waals surface area contributed by atoms with E-state index in [1.165, 1.54) is 6.34 Å². The average molecular weight is 513 g/mol.